The smallest absolute Gasteiger partial charge is 0.224 e. The summed E-state index contributed by atoms with van der Waals surface area (Å²) in [4.78, 5) is 33.7. The largest absolute Gasteiger partial charge is 0.335 e. The van der Waals surface area contributed by atoms with Crippen LogP contribution in [0.2, 0.25) is 0 Å². The summed E-state index contributed by atoms with van der Waals surface area (Å²) in [5, 5.41) is 10.4. The minimum absolute atomic E-state index is 0.0616. The van der Waals surface area contributed by atoms with Crippen molar-refractivity contribution in [2.45, 2.75) is 32.6 Å². The molecule has 3 N–H and O–H groups in total. The Balaban J connectivity index is 1.35. The fourth-order valence-electron chi connectivity index (χ4n) is 4.94. The molecule has 0 fully saturated rings. The minimum Gasteiger partial charge on any atom is -0.335 e. The molecule has 1 amide bonds. The number of imidazole rings is 1. The van der Waals surface area contributed by atoms with Crippen LogP contribution in [0, 0.1) is 5.82 Å². The molecule has 5 aromatic heterocycles. The highest BCUT2D eigenvalue weighted by molar-refractivity contribution is 7.90. The van der Waals surface area contributed by atoms with E-state index in [1.54, 1.807) is 30.9 Å². The standard InChI is InChI=1S/C31H29FN8O3S/c1-3-4-5-27(41)35-22-13-20(14-33-15-22)24-6-7-25-29(36-24)30(40-39-25)31-37-26-17-34-16-23(28(26)38-31)19-10-18(11-21(32)12-19)8-9-44(2,42)43/h6-7,10-17H,3-5,8-9H2,1-2H3,(H,35,41)(H,37,38)(H,39,40). The van der Waals surface area contributed by atoms with E-state index in [9.17, 15) is 17.6 Å². The van der Waals surface area contributed by atoms with Crippen molar-refractivity contribution in [2.75, 3.05) is 17.3 Å². The number of rotatable bonds is 10. The lowest BCUT2D eigenvalue weighted by Crippen LogP contribution is -2.11. The molecule has 44 heavy (non-hydrogen) atoms. The van der Waals surface area contributed by atoms with Crippen LogP contribution in [0.3, 0.4) is 0 Å². The summed E-state index contributed by atoms with van der Waals surface area (Å²) in [6.07, 6.45) is 10.0. The second-order valence-electron chi connectivity index (χ2n) is 10.7. The number of hydrogen-bond donors (Lipinski definition) is 3. The average Bonchev–Trinajstić information content (AvgIpc) is 3.62. The first-order valence-corrected chi connectivity index (χ1v) is 16.1. The first kappa shape index (κ1) is 29.1. The van der Waals surface area contributed by atoms with Crippen LogP contribution in [0.25, 0.3) is 56.0 Å². The van der Waals surface area contributed by atoms with E-state index >= 15 is 0 Å². The van der Waals surface area contributed by atoms with Gasteiger partial charge in [-0.05, 0) is 54.3 Å². The highest BCUT2D eigenvalue weighted by Crippen LogP contribution is 2.32. The van der Waals surface area contributed by atoms with Gasteiger partial charge >= 0.3 is 0 Å². The number of aromatic nitrogens is 7. The molecule has 5 heterocycles. The number of hydrogen-bond acceptors (Lipinski definition) is 8. The van der Waals surface area contributed by atoms with E-state index in [0.29, 0.717) is 68.1 Å². The molecule has 0 spiro atoms. The summed E-state index contributed by atoms with van der Waals surface area (Å²) in [6, 6.07) is 10.00. The zero-order valence-electron chi connectivity index (χ0n) is 24.1. The van der Waals surface area contributed by atoms with Gasteiger partial charge in [-0.15, -0.1) is 0 Å². The first-order chi connectivity index (χ1) is 21.2. The van der Waals surface area contributed by atoms with Gasteiger partial charge in [-0.1, -0.05) is 19.4 Å². The fraction of sp³-hybridized carbons (Fsp3) is 0.226. The lowest BCUT2D eigenvalue weighted by molar-refractivity contribution is -0.116. The van der Waals surface area contributed by atoms with E-state index in [4.69, 9.17) is 9.97 Å². The average molecular weight is 613 g/mol. The van der Waals surface area contributed by atoms with Crippen LogP contribution in [-0.4, -0.2) is 61.5 Å². The Kier molecular flexibility index (Phi) is 7.87. The van der Waals surface area contributed by atoms with Crippen LogP contribution in [-0.2, 0) is 21.1 Å². The molecule has 0 bridgehead atoms. The predicted octanol–water partition coefficient (Wildman–Crippen LogP) is 5.48. The number of H-pyrrole nitrogens is 2. The summed E-state index contributed by atoms with van der Waals surface area (Å²) in [5.74, 6) is -0.185. The number of aryl methyl sites for hydroxylation is 1. The number of amides is 1. The van der Waals surface area contributed by atoms with Crippen molar-refractivity contribution >= 4 is 43.5 Å². The second kappa shape index (κ2) is 11.9. The molecule has 11 nitrogen and oxygen atoms in total. The SMILES string of the molecule is CCCCC(=O)Nc1cncc(-c2ccc3[nH]nc(-c4nc5c(-c6cc(F)cc(CCS(C)(=O)=O)c6)cncc5[nH]4)c3n2)c1. The molecule has 6 aromatic rings. The zero-order valence-corrected chi connectivity index (χ0v) is 24.9. The number of nitrogens with one attached hydrogen (secondary N) is 3. The topological polar surface area (TPSA) is 159 Å². The Morgan fingerprint density at radius 3 is 2.61 bits per heavy atom. The van der Waals surface area contributed by atoms with Gasteiger partial charge in [0.1, 0.15) is 21.2 Å². The maximum Gasteiger partial charge on any atom is 0.224 e. The van der Waals surface area contributed by atoms with Crippen molar-refractivity contribution in [3.8, 4) is 33.9 Å². The molecule has 0 aliphatic heterocycles. The quantitative estimate of drug-likeness (QED) is 0.183. The number of benzene rings is 1. The minimum atomic E-state index is -3.21. The highest BCUT2D eigenvalue weighted by Gasteiger charge is 2.18. The van der Waals surface area contributed by atoms with Crippen LogP contribution in [0.5, 0.6) is 0 Å². The van der Waals surface area contributed by atoms with Crippen molar-refractivity contribution in [1.82, 2.24) is 35.1 Å². The summed E-state index contributed by atoms with van der Waals surface area (Å²) < 4.78 is 37.9. The molecular weight excluding hydrogens is 583 g/mol. The van der Waals surface area contributed by atoms with E-state index in [2.05, 4.69) is 30.5 Å². The first-order valence-electron chi connectivity index (χ1n) is 14.1. The molecule has 13 heteroatoms. The fourth-order valence-corrected chi connectivity index (χ4v) is 5.55. The van der Waals surface area contributed by atoms with Crippen LogP contribution in [0.4, 0.5) is 10.1 Å². The summed E-state index contributed by atoms with van der Waals surface area (Å²) in [7, 11) is -3.21. The number of nitrogens with zero attached hydrogens (tertiary/aromatic N) is 5. The summed E-state index contributed by atoms with van der Waals surface area (Å²) in [5.41, 5.74) is 6.54. The monoisotopic (exact) mass is 612 g/mol. The van der Waals surface area contributed by atoms with Gasteiger partial charge in [-0.25, -0.2) is 22.8 Å². The Hall–Kier alpha value is -5.04. The Bertz CT molecular complexity index is 2120. The number of fused-ring (bicyclic) bond motifs is 2. The van der Waals surface area contributed by atoms with Crippen molar-refractivity contribution in [3.05, 3.63) is 72.6 Å². The number of anilines is 1. The maximum atomic E-state index is 14.6. The molecule has 0 aliphatic rings. The highest BCUT2D eigenvalue weighted by atomic mass is 32.2. The van der Waals surface area contributed by atoms with Crippen molar-refractivity contribution in [2.24, 2.45) is 0 Å². The lowest BCUT2D eigenvalue weighted by Gasteiger charge is -2.07. The number of pyridine rings is 3. The third-order valence-corrected chi connectivity index (χ3v) is 8.08. The third kappa shape index (κ3) is 6.32. The normalized spacial score (nSPS) is 11.8. The Morgan fingerprint density at radius 1 is 0.955 bits per heavy atom. The van der Waals surface area contributed by atoms with Crippen LogP contribution >= 0.6 is 0 Å². The molecule has 0 unspecified atom stereocenters. The van der Waals surface area contributed by atoms with Crippen molar-refractivity contribution in [1.29, 1.82) is 0 Å². The number of sulfone groups is 1. The van der Waals surface area contributed by atoms with Gasteiger partial charge < -0.3 is 10.3 Å². The van der Waals surface area contributed by atoms with E-state index in [-0.39, 0.29) is 18.1 Å². The van der Waals surface area contributed by atoms with Crippen LogP contribution in [0.15, 0.2) is 61.2 Å². The third-order valence-electron chi connectivity index (χ3n) is 7.13. The van der Waals surface area contributed by atoms with Crippen molar-refractivity contribution in [3.63, 3.8) is 0 Å². The van der Waals surface area contributed by atoms with Gasteiger partial charge in [-0.3, -0.25) is 19.9 Å². The molecule has 224 valence electrons. The van der Waals surface area contributed by atoms with Gasteiger partial charge in [0, 0.05) is 36.2 Å². The molecule has 1 aromatic carbocycles. The maximum absolute atomic E-state index is 14.6. The summed E-state index contributed by atoms with van der Waals surface area (Å²) >= 11 is 0. The van der Waals surface area contributed by atoms with Gasteiger partial charge in [0.05, 0.1) is 46.1 Å². The second-order valence-corrected chi connectivity index (χ2v) is 12.9. The van der Waals surface area contributed by atoms with Gasteiger partial charge in [0.2, 0.25) is 5.91 Å². The van der Waals surface area contributed by atoms with Gasteiger partial charge in [-0.2, -0.15) is 5.10 Å². The number of carbonyl (C=O) groups excluding carboxylic acids is 1. The molecule has 6 rings (SSSR count). The van der Waals surface area contributed by atoms with Gasteiger partial charge in [0.15, 0.2) is 11.5 Å². The zero-order chi connectivity index (χ0) is 30.8. The number of aromatic amines is 2. The predicted molar refractivity (Wildman–Crippen MR) is 167 cm³/mol. The Morgan fingerprint density at radius 2 is 1.80 bits per heavy atom. The molecule has 0 aliphatic carbocycles. The van der Waals surface area contributed by atoms with Crippen LogP contribution in [0.1, 0.15) is 31.7 Å². The molecule has 0 radical (unpaired) electrons. The summed E-state index contributed by atoms with van der Waals surface area (Å²) in [6.45, 7) is 2.04. The lowest BCUT2D eigenvalue weighted by atomic mass is 10.0. The molecule has 0 atom stereocenters. The van der Waals surface area contributed by atoms with E-state index in [0.717, 1.165) is 24.7 Å². The number of halogens is 1. The molecular formula is C31H29FN8O3S. The van der Waals surface area contributed by atoms with Crippen LogP contribution < -0.4 is 5.32 Å². The van der Waals surface area contributed by atoms with E-state index in [1.165, 1.54) is 12.1 Å². The van der Waals surface area contributed by atoms with Crippen molar-refractivity contribution < 1.29 is 17.6 Å². The molecule has 0 saturated heterocycles. The van der Waals surface area contributed by atoms with Gasteiger partial charge in [0.25, 0.3) is 0 Å². The van der Waals surface area contributed by atoms with E-state index in [1.807, 2.05) is 25.1 Å². The van der Waals surface area contributed by atoms with E-state index < -0.39 is 15.7 Å². The number of carbonyl (C=O) groups is 1. The Labute approximate surface area is 252 Å². The molecule has 0 saturated carbocycles. The number of unbranched alkanes of at least 4 members (excludes halogenated alkanes) is 1.